The highest BCUT2D eigenvalue weighted by molar-refractivity contribution is 5.41. The predicted molar refractivity (Wildman–Crippen MR) is 101 cm³/mol. The van der Waals surface area contributed by atoms with Crippen LogP contribution < -0.4 is 0 Å². The zero-order valence-corrected chi connectivity index (χ0v) is 15.9. The van der Waals surface area contributed by atoms with Gasteiger partial charge < -0.3 is 14.4 Å². The molecule has 140 valence electrons. The zero-order chi connectivity index (χ0) is 17.2. The maximum atomic E-state index is 10.7. The third-order valence-electron chi connectivity index (χ3n) is 6.82. The molecule has 1 aromatic rings. The number of aliphatic hydroxyl groups is 1. The van der Waals surface area contributed by atoms with Crippen molar-refractivity contribution in [1.29, 1.82) is 0 Å². The summed E-state index contributed by atoms with van der Waals surface area (Å²) in [4.78, 5) is 0. The summed E-state index contributed by atoms with van der Waals surface area (Å²) in [5.74, 6) is 0.646. The Morgan fingerprint density at radius 3 is 2.16 bits per heavy atom. The lowest BCUT2D eigenvalue weighted by molar-refractivity contribution is -0.0497. The van der Waals surface area contributed by atoms with Crippen LogP contribution in [0, 0.1) is 5.92 Å². The Balaban J connectivity index is 1.44. The van der Waals surface area contributed by atoms with E-state index in [0.717, 1.165) is 6.54 Å². The monoisotopic (exact) mass is 345 g/mol. The number of ether oxygens (including phenoxy) is 1. The summed E-state index contributed by atoms with van der Waals surface area (Å²) in [5, 5.41) is 10.7. The van der Waals surface area contributed by atoms with Gasteiger partial charge in [0, 0.05) is 11.4 Å². The molecule has 1 saturated carbocycles. The smallest absolute Gasteiger partial charge is 0.0952 e. The van der Waals surface area contributed by atoms with Crippen molar-refractivity contribution in [2.75, 3.05) is 6.61 Å². The molecule has 3 unspecified atom stereocenters. The summed E-state index contributed by atoms with van der Waals surface area (Å²) >= 11 is 0. The van der Waals surface area contributed by atoms with Crippen LogP contribution in [-0.2, 0) is 37.0 Å². The minimum Gasteiger partial charge on any atom is -0.389 e. The van der Waals surface area contributed by atoms with Gasteiger partial charge in [0.2, 0.25) is 0 Å². The van der Waals surface area contributed by atoms with Gasteiger partial charge >= 0.3 is 0 Å². The Hall–Kier alpha value is -0.800. The highest BCUT2D eigenvalue weighted by atomic mass is 16.5. The molecule has 3 heteroatoms. The van der Waals surface area contributed by atoms with E-state index >= 15 is 0 Å². The SMILES string of the molecule is CC1CCCCC1OCC(O)Cn1c2c(c3c1CCCC3)CCCC2. The van der Waals surface area contributed by atoms with Crippen molar-refractivity contribution < 1.29 is 9.84 Å². The Morgan fingerprint density at radius 1 is 0.920 bits per heavy atom. The van der Waals surface area contributed by atoms with Gasteiger partial charge in [0.1, 0.15) is 0 Å². The third-order valence-corrected chi connectivity index (χ3v) is 6.82. The Labute approximate surface area is 152 Å². The maximum Gasteiger partial charge on any atom is 0.0952 e. The van der Waals surface area contributed by atoms with Crippen molar-refractivity contribution in [1.82, 2.24) is 4.57 Å². The Kier molecular flexibility index (Phi) is 5.52. The molecular formula is C22H35NO2. The molecule has 3 aliphatic rings. The number of hydrogen-bond donors (Lipinski definition) is 1. The summed E-state index contributed by atoms with van der Waals surface area (Å²) in [6.45, 7) is 3.53. The number of aromatic nitrogens is 1. The van der Waals surface area contributed by atoms with Crippen molar-refractivity contribution in [3.8, 4) is 0 Å². The van der Waals surface area contributed by atoms with Crippen LogP contribution in [-0.4, -0.2) is 28.5 Å². The van der Waals surface area contributed by atoms with E-state index in [1.165, 1.54) is 77.0 Å². The van der Waals surface area contributed by atoms with Crippen molar-refractivity contribution in [3.63, 3.8) is 0 Å². The molecule has 0 amide bonds. The van der Waals surface area contributed by atoms with E-state index < -0.39 is 0 Å². The van der Waals surface area contributed by atoms with Gasteiger partial charge in [-0.2, -0.15) is 0 Å². The minimum atomic E-state index is -0.376. The molecule has 0 bridgehead atoms. The van der Waals surface area contributed by atoms with Gasteiger partial charge in [0.25, 0.3) is 0 Å². The fourth-order valence-electron chi connectivity index (χ4n) is 5.44. The number of nitrogens with zero attached hydrogens (tertiary/aromatic N) is 1. The molecule has 4 rings (SSSR count). The van der Waals surface area contributed by atoms with Gasteiger partial charge in [-0.15, -0.1) is 0 Å². The second kappa shape index (κ2) is 7.84. The van der Waals surface area contributed by atoms with Crippen molar-refractivity contribution in [2.24, 2.45) is 5.92 Å². The third kappa shape index (κ3) is 3.68. The molecule has 25 heavy (non-hydrogen) atoms. The van der Waals surface area contributed by atoms with Crippen LogP contribution in [0.5, 0.6) is 0 Å². The van der Waals surface area contributed by atoms with Gasteiger partial charge in [0.15, 0.2) is 0 Å². The molecule has 3 atom stereocenters. The Morgan fingerprint density at radius 2 is 1.52 bits per heavy atom. The molecule has 3 nitrogen and oxygen atoms in total. The lowest BCUT2D eigenvalue weighted by Crippen LogP contribution is -2.31. The van der Waals surface area contributed by atoms with Crippen LogP contribution in [0.15, 0.2) is 0 Å². The topological polar surface area (TPSA) is 34.4 Å². The highest BCUT2D eigenvalue weighted by Crippen LogP contribution is 2.35. The van der Waals surface area contributed by atoms with Crippen LogP contribution in [0.3, 0.4) is 0 Å². The molecular weight excluding hydrogens is 310 g/mol. The summed E-state index contributed by atoms with van der Waals surface area (Å²) < 4.78 is 8.63. The van der Waals surface area contributed by atoms with Crippen LogP contribution in [0.25, 0.3) is 0 Å². The first-order chi connectivity index (χ1) is 12.2. The molecule has 1 aromatic heterocycles. The van der Waals surface area contributed by atoms with Gasteiger partial charge in [0.05, 0.1) is 25.4 Å². The van der Waals surface area contributed by atoms with Gasteiger partial charge in [-0.1, -0.05) is 19.8 Å². The largest absolute Gasteiger partial charge is 0.389 e. The first-order valence-corrected chi connectivity index (χ1v) is 10.8. The van der Waals surface area contributed by atoms with Gasteiger partial charge in [-0.3, -0.25) is 0 Å². The van der Waals surface area contributed by atoms with Crippen LogP contribution in [0.2, 0.25) is 0 Å². The van der Waals surface area contributed by atoms with E-state index in [4.69, 9.17) is 4.74 Å². The number of hydrogen-bond acceptors (Lipinski definition) is 2. The molecule has 0 aromatic carbocycles. The molecule has 0 saturated heterocycles. The summed E-state index contributed by atoms with van der Waals surface area (Å²) in [6, 6.07) is 0. The van der Waals surface area contributed by atoms with Crippen LogP contribution in [0.1, 0.15) is 80.8 Å². The first-order valence-electron chi connectivity index (χ1n) is 10.8. The standard InChI is InChI=1S/C22H35NO2/c1-16-8-2-7-13-22(16)25-15-17(24)14-23-20-11-5-3-9-18(20)19-10-4-6-12-21(19)23/h16-17,22,24H,2-15H2,1H3. The molecule has 1 heterocycles. The fraction of sp³-hybridized carbons (Fsp3) is 0.818. The number of rotatable bonds is 5. The van der Waals surface area contributed by atoms with Gasteiger partial charge in [-0.05, 0) is 81.3 Å². The highest BCUT2D eigenvalue weighted by Gasteiger charge is 2.28. The molecule has 1 fully saturated rings. The summed E-state index contributed by atoms with van der Waals surface area (Å²) in [5.41, 5.74) is 6.39. The first kappa shape index (κ1) is 17.6. The van der Waals surface area contributed by atoms with E-state index in [-0.39, 0.29) is 6.10 Å². The second-order valence-electron chi connectivity index (χ2n) is 8.66. The lowest BCUT2D eigenvalue weighted by atomic mass is 9.88. The molecule has 0 aliphatic heterocycles. The predicted octanol–water partition coefficient (Wildman–Crippen LogP) is 4.20. The molecule has 0 spiro atoms. The normalized spacial score (nSPS) is 27.6. The second-order valence-corrected chi connectivity index (χ2v) is 8.66. The Bertz CT molecular complexity index is 558. The average molecular weight is 346 g/mol. The van der Waals surface area contributed by atoms with E-state index in [9.17, 15) is 5.11 Å². The van der Waals surface area contributed by atoms with E-state index in [0.29, 0.717) is 18.6 Å². The van der Waals surface area contributed by atoms with E-state index in [1.807, 2.05) is 0 Å². The minimum absolute atomic E-state index is 0.357. The maximum absolute atomic E-state index is 10.7. The molecule has 0 radical (unpaired) electrons. The summed E-state index contributed by atoms with van der Waals surface area (Å²) in [7, 11) is 0. The number of aliphatic hydroxyl groups excluding tert-OH is 1. The fourth-order valence-corrected chi connectivity index (χ4v) is 5.44. The van der Waals surface area contributed by atoms with Crippen LogP contribution in [0.4, 0.5) is 0 Å². The lowest BCUT2D eigenvalue weighted by Gasteiger charge is -2.30. The van der Waals surface area contributed by atoms with Gasteiger partial charge in [-0.25, -0.2) is 0 Å². The van der Waals surface area contributed by atoms with E-state index in [1.54, 1.807) is 22.5 Å². The molecule has 1 N–H and O–H groups in total. The summed E-state index contributed by atoms with van der Waals surface area (Å²) in [6.07, 6.45) is 15.3. The number of fused-ring (bicyclic) bond motifs is 3. The van der Waals surface area contributed by atoms with Crippen molar-refractivity contribution >= 4 is 0 Å². The van der Waals surface area contributed by atoms with E-state index in [2.05, 4.69) is 11.5 Å². The van der Waals surface area contributed by atoms with Crippen molar-refractivity contribution in [3.05, 3.63) is 22.5 Å². The van der Waals surface area contributed by atoms with Crippen molar-refractivity contribution in [2.45, 2.75) is 103 Å². The zero-order valence-electron chi connectivity index (χ0n) is 15.9. The quantitative estimate of drug-likeness (QED) is 0.868. The van der Waals surface area contributed by atoms with Crippen LogP contribution >= 0.6 is 0 Å². The molecule has 3 aliphatic carbocycles. The average Bonchev–Trinajstić information content (AvgIpc) is 2.96.